The van der Waals surface area contributed by atoms with E-state index >= 15 is 0 Å². The average molecular weight is 260 g/mol. The van der Waals surface area contributed by atoms with E-state index < -0.39 is 0 Å². The molecular formula is C16H24N2O. The second-order valence-electron chi connectivity index (χ2n) is 6.44. The first kappa shape index (κ1) is 12.8. The van der Waals surface area contributed by atoms with Crippen LogP contribution in [-0.4, -0.2) is 31.3 Å². The van der Waals surface area contributed by atoms with E-state index in [2.05, 4.69) is 49.2 Å². The zero-order chi connectivity index (χ0) is 13.5. The number of rotatable bonds is 1. The van der Waals surface area contributed by atoms with Crippen molar-refractivity contribution in [2.45, 2.75) is 45.3 Å². The van der Waals surface area contributed by atoms with Crippen LogP contribution in [-0.2, 0) is 11.2 Å². The third-order valence-corrected chi connectivity index (χ3v) is 3.96. The van der Waals surface area contributed by atoms with Crippen LogP contribution in [0.1, 0.15) is 32.8 Å². The van der Waals surface area contributed by atoms with Gasteiger partial charge in [-0.2, -0.15) is 0 Å². The van der Waals surface area contributed by atoms with Gasteiger partial charge in [-0.25, -0.2) is 0 Å². The van der Waals surface area contributed by atoms with Gasteiger partial charge >= 0.3 is 0 Å². The fourth-order valence-electron chi connectivity index (χ4n) is 3.31. The molecule has 0 amide bonds. The summed E-state index contributed by atoms with van der Waals surface area (Å²) in [6.45, 7) is 9.56. The predicted octanol–water partition coefficient (Wildman–Crippen LogP) is 3.05. The molecule has 0 aliphatic carbocycles. The minimum atomic E-state index is -0.0637. The molecule has 1 atom stereocenters. The normalized spacial score (nSPS) is 25.6. The van der Waals surface area contributed by atoms with Gasteiger partial charge in [0.05, 0.1) is 11.7 Å². The van der Waals surface area contributed by atoms with Crippen LogP contribution < -0.4 is 10.2 Å². The number of ether oxygens (including phenoxy) is 1. The Labute approximate surface area is 115 Å². The fraction of sp³-hybridized carbons (Fsp3) is 0.625. The summed E-state index contributed by atoms with van der Waals surface area (Å²) < 4.78 is 5.98. The van der Waals surface area contributed by atoms with Crippen LogP contribution in [0.2, 0.25) is 0 Å². The Hall–Kier alpha value is -1.22. The Balaban J connectivity index is 1.85. The summed E-state index contributed by atoms with van der Waals surface area (Å²) in [7, 11) is 0. The van der Waals surface area contributed by atoms with Gasteiger partial charge in [0.1, 0.15) is 0 Å². The van der Waals surface area contributed by atoms with Gasteiger partial charge in [-0.05, 0) is 57.4 Å². The van der Waals surface area contributed by atoms with Gasteiger partial charge < -0.3 is 15.0 Å². The molecule has 0 aromatic heterocycles. The summed E-state index contributed by atoms with van der Waals surface area (Å²) in [5.74, 6) is 0. The highest BCUT2D eigenvalue weighted by Gasteiger charge is 2.31. The number of nitrogens with one attached hydrogen (secondary N) is 1. The first-order valence-corrected chi connectivity index (χ1v) is 7.33. The summed E-state index contributed by atoms with van der Waals surface area (Å²) in [4.78, 5) is 2.46. The lowest BCUT2D eigenvalue weighted by molar-refractivity contribution is -0.0749. The molecule has 0 saturated carbocycles. The minimum absolute atomic E-state index is 0.0637. The van der Waals surface area contributed by atoms with E-state index in [0.717, 1.165) is 19.6 Å². The van der Waals surface area contributed by atoms with Crippen LogP contribution in [0.3, 0.4) is 0 Å². The lowest BCUT2D eigenvalue weighted by Gasteiger charge is -2.43. The third-order valence-electron chi connectivity index (χ3n) is 3.96. The monoisotopic (exact) mass is 260 g/mol. The molecule has 19 heavy (non-hydrogen) atoms. The number of nitrogens with zero attached hydrogens (tertiary/aromatic N) is 1. The van der Waals surface area contributed by atoms with Crippen LogP contribution in [0.5, 0.6) is 0 Å². The van der Waals surface area contributed by atoms with Crippen molar-refractivity contribution in [3.8, 4) is 0 Å². The fourth-order valence-corrected chi connectivity index (χ4v) is 3.31. The van der Waals surface area contributed by atoms with Crippen molar-refractivity contribution in [1.29, 1.82) is 0 Å². The molecule has 3 nitrogen and oxygen atoms in total. The van der Waals surface area contributed by atoms with Crippen molar-refractivity contribution in [2.24, 2.45) is 0 Å². The standard InChI is InChI=1S/C16H24N2O/c1-12-10-18(11-16(2,3)19-12)14-6-7-15-13(9-14)5-4-8-17-15/h6-7,9,12,17H,4-5,8,10-11H2,1-3H3. The molecule has 2 heterocycles. The van der Waals surface area contributed by atoms with Crippen molar-refractivity contribution in [3.63, 3.8) is 0 Å². The lowest BCUT2D eigenvalue weighted by Crippen LogP contribution is -2.52. The summed E-state index contributed by atoms with van der Waals surface area (Å²) in [6, 6.07) is 6.83. The summed E-state index contributed by atoms with van der Waals surface area (Å²) >= 11 is 0. The van der Waals surface area contributed by atoms with Crippen LogP contribution in [0.15, 0.2) is 18.2 Å². The quantitative estimate of drug-likeness (QED) is 0.840. The average Bonchev–Trinajstić information content (AvgIpc) is 2.36. The molecule has 0 radical (unpaired) electrons. The van der Waals surface area contributed by atoms with Crippen LogP contribution >= 0.6 is 0 Å². The molecular weight excluding hydrogens is 236 g/mol. The van der Waals surface area contributed by atoms with Crippen LogP contribution in [0.25, 0.3) is 0 Å². The lowest BCUT2D eigenvalue weighted by atomic mass is 10.0. The second-order valence-corrected chi connectivity index (χ2v) is 6.44. The topological polar surface area (TPSA) is 24.5 Å². The highest BCUT2D eigenvalue weighted by atomic mass is 16.5. The highest BCUT2D eigenvalue weighted by molar-refractivity contribution is 5.62. The Morgan fingerprint density at radius 3 is 3.00 bits per heavy atom. The second kappa shape index (κ2) is 4.71. The van der Waals surface area contributed by atoms with Crippen LogP contribution in [0.4, 0.5) is 11.4 Å². The van der Waals surface area contributed by atoms with Crippen molar-refractivity contribution < 1.29 is 4.74 Å². The van der Waals surface area contributed by atoms with E-state index in [4.69, 9.17) is 4.74 Å². The molecule has 2 aliphatic heterocycles. The molecule has 1 fully saturated rings. The molecule has 1 unspecified atom stereocenters. The van der Waals surface area contributed by atoms with Gasteiger partial charge in [-0.3, -0.25) is 0 Å². The van der Waals surface area contributed by atoms with Crippen molar-refractivity contribution in [1.82, 2.24) is 0 Å². The minimum Gasteiger partial charge on any atom is -0.385 e. The highest BCUT2D eigenvalue weighted by Crippen LogP contribution is 2.30. The molecule has 2 aliphatic rings. The number of hydrogen-bond acceptors (Lipinski definition) is 3. The molecule has 3 rings (SSSR count). The maximum absolute atomic E-state index is 5.98. The summed E-state index contributed by atoms with van der Waals surface area (Å²) in [5, 5.41) is 3.47. The zero-order valence-corrected chi connectivity index (χ0v) is 12.2. The number of anilines is 2. The zero-order valence-electron chi connectivity index (χ0n) is 12.2. The van der Waals surface area contributed by atoms with E-state index in [1.54, 1.807) is 0 Å². The first-order valence-electron chi connectivity index (χ1n) is 7.33. The molecule has 1 N–H and O–H groups in total. The van der Waals surface area contributed by atoms with Gasteiger partial charge in [0.25, 0.3) is 0 Å². The van der Waals surface area contributed by atoms with Gasteiger partial charge in [0.15, 0.2) is 0 Å². The van der Waals surface area contributed by atoms with Crippen molar-refractivity contribution in [2.75, 3.05) is 29.9 Å². The Morgan fingerprint density at radius 1 is 1.37 bits per heavy atom. The van der Waals surface area contributed by atoms with Crippen LogP contribution in [0, 0.1) is 0 Å². The van der Waals surface area contributed by atoms with E-state index in [1.807, 2.05) is 0 Å². The number of fused-ring (bicyclic) bond motifs is 1. The molecule has 1 aromatic rings. The van der Waals surface area contributed by atoms with Gasteiger partial charge in [-0.15, -0.1) is 0 Å². The number of hydrogen-bond donors (Lipinski definition) is 1. The van der Waals surface area contributed by atoms with Gasteiger partial charge in [-0.1, -0.05) is 0 Å². The molecule has 1 aromatic carbocycles. The summed E-state index contributed by atoms with van der Waals surface area (Å²) in [6.07, 6.45) is 2.72. The number of morpholine rings is 1. The predicted molar refractivity (Wildman–Crippen MR) is 80.1 cm³/mol. The largest absolute Gasteiger partial charge is 0.385 e. The third kappa shape index (κ3) is 2.71. The van der Waals surface area contributed by atoms with E-state index in [0.29, 0.717) is 0 Å². The molecule has 1 saturated heterocycles. The molecule has 104 valence electrons. The summed E-state index contributed by atoms with van der Waals surface area (Å²) in [5.41, 5.74) is 4.05. The Morgan fingerprint density at radius 2 is 2.21 bits per heavy atom. The van der Waals surface area contributed by atoms with E-state index in [1.165, 1.54) is 29.8 Å². The van der Waals surface area contributed by atoms with E-state index in [-0.39, 0.29) is 11.7 Å². The van der Waals surface area contributed by atoms with Gasteiger partial charge in [0, 0.05) is 31.0 Å². The SMILES string of the molecule is CC1CN(c2ccc3c(c2)CCCN3)CC(C)(C)O1. The number of benzene rings is 1. The maximum atomic E-state index is 5.98. The smallest absolute Gasteiger partial charge is 0.0805 e. The number of aryl methyl sites for hydroxylation is 1. The van der Waals surface area contributed by atoms with E-state index in [9.17, 15) is 0 Å². The van der Waals surface area contributed by atoms with Crippen molar-refractivity contribution >= 4 is 11.4 Å². The molecule has 0 bridgehead atoms. The first-order chi connectivity index (χ1) is 9.03. The Kier molecular flexibility index (Phi) is 3.17. The maximum Gasteiger partial charge on any atom is 0.0805 e. The Bertz CT molecular complexity index is 470. The van der Waals surface area contributed by atoms with Gasteiger partial charge in [0.2, 0.25) is 0 Å². The molecule has 0 spiro atoms. The van der Waals surface area contributed by atoms with Crippen molar-refractivity contribution in [3.05, 3.63) is 23.8 Å². The molecule has 3 heteroatoms.